The first kappa shape index (κ1) is 11.7. The molecule has 1 atom stereocenters. The molecule has 1 aliphatic rings. The van der Waals surface area contributed by atoms with Crippen molar-refractivity contribution in [1.82, 2.24) is 9.97 Å². The Morgan fingerprint density at radius 1 is 1.28 bits per heavy atom. The van der Waals surface area contributed by atoms with Crippen molar-refractivity contribution < 1.29 is 0 Å². The molecule has 1 fully saturated rings. The average Bonchev–Trinajstić information content (AvgIpc) is 2.86. The zero-order chi connectivity index (χ0) is 12.5. The van der Waals surface area contributed by atoms with E-state index in [2.05, 4.69) is 14.9 Å². The molecule has 0 saturated carbocycles. The fourth-order valence-electron chi connectivity index (χ4n) is 2.51. The normalized spacial score (nSPS) is 19.7. The summed E-state index contributed by atoms with van der Waals surface area (Å²) in [5, 5.41) is 0.467. The largest absolute Gasteiger partial charge is 0.350 e. The van der Waals surface area contributed by atoms with Crippen molar-refractivity contribution >= 4 is 28.5 Å². The lowest BCUT2D eigenvalue weighted by atomic mass is 10.2. The number of benzene rings is 1. The number of nitrogens with two attached hydrogens (primary N) is 1. The van der Waals surface area contributed by atoms with E-state index in [-0.39, 0.29) is 0 Å². The minimum atomic E-state index is 0.331. The molecule has 1 aromatic heterocycles. The molecule has 0 radical (unpaired) electrons. The number of anilines is 1. The minimum absolute atomic E-state index is 0.331. The van der Waals surface area contributed by atoms with Crippen molar-refractivity contribution in [1.29, 1.82) is 0 Å². The van der Waals surface area contributed by atoms with Crippen molar-refractivity contribution in [3.8, 4) is 0 Å². The van der Waals surface area contributed by atoms with Crippen molar-refractivity contribution in [2.24, 2.45) is 5.73 Å². The number of rotatable bonds is 2. The second kappa shape index (κ2) is 4.71. The van der Waals surface area contributed by atoms with E-state index >= 15 is 0 Å². The Labute approximate surface area is 111 Å². The summed E-state index contributed by atoms with van der Waals surface area (Å²) in [7, 11) is 0. The maximum absolute atomic E-state index is 6.25. The van der Waals surface area contributed by atoms with Gasteiger partial charge in [0.1, 0.15) is 0 Å². The summed E-state index contributed by atoms with van der Waals surface area (Å²) >= 11 is 6.25. The van der Waals surface area contributed by atoms with Crippen molar-refractivity contribution in [2.45, 2.75) is 18.9 Å². The maximum Gasteiger partial charge on any atom is 0.172 e. The van der Waals surface area contributed by atoms with E-state index < -0.39 is 0 Å². The molecule has 0 amide bonds. The summed E-state index contributed by atoms with van der Waals surface area (Å²) < 4.78 is 0. The van der Waals surface area contributed by atoms with Gasteiger partial charge in [0.25, 0.3) is 0 Å². The first-order chi connectivity index (χ1) is 8.79. The van der Waals surface area contributed by atoms with Crippen LogP contribution in [0.25, 0.3) is 11.0 Å². The Balaban J connectivity index is 2.08. The molecular formula is C13H15ClN4. The molecule has 1 saturated heterocycles. The molecule has 0 spiro atoms. The molecule has 0 bridgehead atoms. The fourth-order valence-corrected chi connectivity index (χ4v) is 2.75. The monoisotopic (exact) mass is 262 g/mol. The lowest BCUT2D eigenvalue weighted by Gasteiger charge is -2.25. The van der Waals surface area contributed by atoms with Gasteiger partial charge in [0, 0.05) is 19.1 Å². The highest BCUT2D eigenvalue weighted by Crippen LogP contribution is 2.30. The van der Waals surface area contributed by atoms with Crippen LogP contribution in [0.2, 0.25) is 5.15 Å². The van der Waals surface area contributed by atoms with Crippen molar-refractivity contribution in [3.63, 3.8) is 0 Å². The quantitative estimate of drug-likeness (QED) is 0.902. The number of aromatic nitrogens is 2. The van der Waals surface area contributed by atoms with Crippen LogP contribution in [0, 0.1) is 0 Å². The second-order valence-electron chi connectivity index (χ2n) is 4.55. The smallest absolute Gasteiger partial charge is 0.172 e. The van der Waals surface area contributed by atoms with Gasteiger partial charge in [0.2, 0.25) is 0 Å². The molecule has 0 aliphatic carbocycles. The van der Waals surface area contributed by atoms with Gasteiger partial charge >= 0.3 is 0 Å². The zero-order valence-electron chi connectivity index (χ0n) is 10.0. The third-order valence-electron chi connectivity index (χ3n) is 3.43. The van der Waals surface area contributed by atoms with Crippen molar-refractivity contribution in [2.75, 3.05) is 18.0 Å². The lowest BCUT2D eigenvalue weighted by molar-refractivity contribution is 0.671. The molecule has 3 rings (SSSR count). The zero-order valence-corrected chi connectivity index (χ0v) is 10.8. The highest BCUT2D eigenvalue weighted by molar-refractivity contribution is 6.32. The molecular weight excluding hydrogens is 248 g/mol. The molecule has 1 aliphatic heterocycles. The highest BCUT2D eigenvalue weighted by atomic mass is 35.5. The third kappa shape index (κ3) is 1.91. The first-order valence-corrected chi connectivity index (χ1v) is 6.56. The summed E-state index contributed by atoms with van der Waals surface area (Å²) in [6.45, 7) is 1.58. The van der Waals surface area contributed by atoms with E-state index in [1.807, 2.05) is 24.3 Å². The van der Waals surface area contributed by atoms with Gasteiger partial charge in [-0.3, -0.25) is 0 Å². The standard InChI is InChI=1S/C13H15ClN4/c14-12-13(18-7-3-4-9(18)8-15)17-11-6-2-1-5-10(11)16-12/h1-2,5-6,9H,3-4,7-8,15H2/t9-/m1/s1. The number of halogens is 1. The van der Waals surface area contributed by atoms with E-state index in [0.717, 1.165) is 36.2 Å². The van der Waals surface area contributed by atoms with E-state index in [4.69, 9.17) is 17.3 Å². The van der Waals surface area contributed by atoms with Gasteiger partial charge in [0.15, 0.2) is 11.0 Å². The Hall–Kier alpha value is -1.39. The molecule has 94 valence electrons. The van der Waals surface area contributed by atoms with E-state index in [1.54, 1.807) is 0 Å². The topological polar surface area (TPSA) is 55.0 Å². The molecule has 4 nitrogen and oxygen atoms in total. The third-order valence-corrected chi connectivity index (χ3v) is 3.69. The Kier molecular flexibility index (Phi) is 3.06. The minimum Gasteiger partial charge on any atom is -0.350 e. The van der Waals surface area contributed by atoms with Gasteiger partial charge in [-0.2, -0.15) is 0 Å². The van der Waals surface area contributed by atoms with Crippen LogP contribution in [-0.2, 0) is 0 Å². The Bertz CT molecular complexity index is 572. The number of fused-ring (bicyclic) bond motifs is 1. The molecule has 2 aromatic rings. The van der Waals surface area contributed by atoms with Crippen LogP contribution in [0.5, 0.6) is 0 Å². The Morgan fingerprint density at radius 2 is 2.00 bits per heavy atom. The molecule has 5 heteroatoms. The summed E-state index contributed by atoms with van der Waals surface area (Å²) in [4.78, 5) is 11.2. The lowest BCUT2D eigenvalue weighted by Crippen LogP contribution is -2.36. The highest BCUT2D eigenvalue weighted by Gasteiger charge is 2.26. The van der Waals surface area contributed by atoms with Gasteiger partial charge in [-0.15, -0.1) is 0 Å². The van der Waals surface area contributed by atoms with Crippen LogP contribution in [0.1, 0.15) is 12.8 Å². The van der Waals surface area contributed by atoms with Crippen LogP contribution >= 0.6 is 11.6 Å². The van der Waals surface area contributed by atoms with E-state index in [9.17, 15) is 0 Å². The molecule has 0 unspecified atom stereocenters. The number of nitrogens with zero attached hydrogens (tertiary/aromatic N) is 3. The number of para-hydroxylation sites is 2. The first-order valence-electron chi connectivity index (χ1n) is 6.18. The molecule has 2 N–H and O–H groups in total. The predicted octanol–water partition coefficient (Wildman–Crippen LogP) is 2.21. The van der Waals surface area contributed by atoms with E-state index in [1.165, 1.54) is 0 Å². The SMILES string of the molecule is NC[C@H]1CCCN1c1nc2ccccc2nc1Cl. The number of hydrogen-bond donors (Lipinski definition) is 1. The van der Waals surface area contributed by atoms with Crippen LogP contribution < -0.4 is 10.6 Å². The van der Waals surface area contributed by atoms with Crippen LogP contribution in [0.3, 0.4) is 0 Å². The van der Waals surface area contributed by atoms with Crippen LogP contribution in [-0.4, -0.2) is 29.1 Å². The van der Waals surface area contributed by atoms with Gasteiger partial charge < -0.3 is 10.6 Å². The predicted molar refractivity (Wildman–Crippen MR) is 74.0 cm³/mol. The Morgan fingerprint density at radius 3 is 2.72 bits per heavy atom. The fraction of sp³-hybridized carbons (Fsp3) is 0.385. The molecule has 18 heavy (non-hydrogen) atoms. The van der Waals surface area contributed by atoms with Crippen LogP contribution in [0.15, 0.2) is 24.3 Å². The summed E-state index contributed by atoms with van der Waals surface area (Å²) in [6.07, 6.45) is 2.23. The maximum atomic E-state index is 6.25. The van der Waals surface area contributed by atoms with Gasteiger partial charge in [0.05, 0.1) is 11.0 Å². The van der Waals surface area contributed by atoms with E-state index in [0.29, 0.717) is 17.7 Å². The number of hydrogen-bond acceptors (Lipinski definition) is 4. The molecule has 1 aromatic carbocycles. The van der Waals surface area contributed by atoms with Gasteiger partial charge in [-0.1, -0.05) is 23.7 Å². The van der Waals surface area contributed by atoms with Gasteiger partial charge in [-0.05, 0) is 25.0 Å². The van der Waals surface area contributed by atoms with Crippen LogP contribution in [0.4, 0.5) is 5.82 Å². The van der Waals surface area contributed by atoms with Crippen molar-refractivity contribution in [3.05, 3.63) is 29.4 Å². The summed E-state index contributed by atoms with van der Waals surface area (Å²) in [5.74, 6) is 0.767. The summed E-state index contributed by atoms with van der Waals surface area (Å²) in [6, 6.07) is 8.10. The average molecular weight is 263 g/mol. The molecule has 2 heterocycles. The summed E-state index contributed by atoms with van der Waals surface area (Å²) in [5.41, 5.74) is 7.49. The second-order valence-corrected chi connectivity index (χ2v) is 4.91. The van der Waals surface area contributed by atoms with Gasteiger partial charge in [-0.25, -0.2) is 9.97 Å².